The molecule has 0 amide bonds. The van der Waals surface area contributed by atoms with Crippen molar-refractivity contribution in [2.75, 3.05) is 0 Å². The third-order valence-corrected chi connectivity index (χ3v) is 10.2. The van der Waals surface area contributed by atoms with Crippen molar-refractivity contribution in [1.29, 1.82) is 0 Å². The first-order valence-corrected chi connectivity index (χ1v) is 16.7. The van der Waals surface area contributed by atoms with Gasteiger partial charge in [-0.15, -0.1) is 0 Å². The van der Waals surface area contributed by atoms with Crippen LogP contribution in [0.25, 0.3) is 98.0 Å². The largest absolute Gasteiger partial charge is 0.0616 e. The molecule has 0 saturated heterocycles. The van der Waals surface area contributed by atoms with Crippen LogP contribution in [0.15, 0.2) is 182 Å². The summed E-state index contributed by atoms with van der Waals surface area (Å²) in [5.74, 6) is 0. The Kier molecular flexibility index (Phi) is 5.98. The van der Waals surface area contributed by atoms with Crippen LogP contribution in [0.3, 0.4) is 0 Å². The van der Waals surface area contributed by atoms with E-state index in [1.165, 1.54) is 98.0 Å². The topological polar surface area (TPSA) is 0 Å². The first-order valence-electron chi connectivity index (χ1n) is 16.7. The number of benzene rings is 10. The van der Waals surface area contributed by atoms with Crippen LogP contribution in [-0.4, -0.2) is 0 Å². The van der Waals surface area contributed by atoms with E-state index in [4.69, 9.17) is 0 Å². The van der Waals surface area contributed by atoms with Crippen molar-refractivity contribution in [3.8, 4) is 33.4 Å². The zero-order valence-electron chi connectivity index (χ0n) is 26.3. The molecule has 222 valence electrons. The quantitative estimate of drug-likeness (QED) is 0.139. The minimum Gasteiger partial charge on any atom is -0.0616 e. The summed E-state index contributed by atoms with van der Waals surface area (Å²) in [7, 11) is 0. The van der Waals surface area contributed by atoms with E-state index in [0.29, 0.717) is 0 Å². The maximum Gasteiger partial charge on any atom is -0.00201 e. The van der Waals surface area contributed by atoms with E-state index in [1.54, 1.807) is 0 Å². The SMILES string of the molecule is c1ccc2cc(-c3ccc(-c4c5ccccc5c(-c5ccc6ccc7ccccc7c6c5)c5ccccc45)c4ccccc34)ccc2c1. The number of hydrogen-bond acceptors (Lipinski definition) is 0. The van der Waals surface area contributed by atoms with Crippen LogP contribution in [0.4, 0.5) is 0 Å². The van der Waals surface area contributed by atoms with Crippen molar-refractivity contribution in [2.45, 2.75) is 0 Å². The zero-order chi connectivity index (χ0) is 31.6. The Hall–Kier alpha value is -6.24. The summed E-state index contributed by atoms with van der Waals surface area (Å²) in [6, 6.07) is 67.2. The van der Waals surface area contributed by atoms with Gasteiger partial charge in [0.15, 0.2) is 0 Å². The van der Waals surface area contributed by atoms with Gasteiger partial charge in [0.2, 0.25) is 0 Å². The van der Waals surface area contributed by atoms with Gasteiger partial charge in [0.05, 0.1) is 0 Å². The summed E-state index contributed by atoms with van der Waals surface area (Å²) in [6.45, 7) is 0. The molecule has 0 atom stereocenters. The first kappa shape index (κ1) is 26.9. The van der Waals surface area contributed by atoms with Crippen LogP contribution in [0.5, 0.6) is 0 Å². The Morgan fingerprint density at radius 3 is 1.33 bits per heavy atom. The molecule has 10 aromatic carbocycles. The molecule has 0 N–H and O–H groups in total. The minimum atomic E-state index is 1.24. The first-order chi connectivity index (χ1) is 23.8. The highest BCUT2D eigenvalue weighted by Crippen LogP contribution is 2.47. The van der Waals surface area contributed by atoms with Gasteiger partial charge in [-0.2, -0.15) is 0 Å². The second-order valence-electron chi connectivity index (χ2n) is 12.8. The highest BCUT2D eigenvalue weighted by molar-refractivity contribution is 6.24. The summed E-state index contributed by atoms with van der Waals surface area (Å²) >= 11 is 0. The van der Waals surface area contributed by atoms with Crippen molar-refractivity contribution in [1.82, 2.24) is 0 Å². The van der Waals surface area contributed by atoms with Gasteiger partial charge < -0.3 is 0 Å². The number of fused-ring (bicyclic) bond motifs is 7. The fourth-order valence-electron chi connectivity index (χ4n) is 8.01. The fourth-order valence-corrected chi connectivity index (χ4v) is 8.01. The summed E-state index contributed by atoms with van der Waals surface area (Å²) < 4.78 is 0. The minimum absolute atomic E-state index is 1.24. The van der Waals surface area contributed by atoms with Gasteiger partial charge in [-0.1, -0.05) is 170 Å². The summed E-state index contributed by atoms with van der Waals surface area (Å²) in [6.07, 6.45) is 0. The van der Waals surface area contributed by atoms with E-state index in [0.717, 1.165) is 0 Å². The van der Waals surface area contributed by atoms with Gasteiger partial charge in [-0.25, -0.2) is 0 Å². The smallest absolute Gasteiger partial charge is 0.00201 e. The van der Waals surface area contributed by atoms with Gasteiger partial charge >= 0.3 is 0 Å². The molecule has 0 aliphatic carbocycles. The molecule has 0 radical (unpaired) electrons. The lowest BCUT2D eigenvalue weighted by Gasteiger charge is -2.20. The van der Waals surface area contributed by atoms with Gasteiger partial charge in [-0.05, 0) is 110 Å². The van der Waals surface area contributed by atoms with Crippen LogP contribution >= 0.6 is 0 Å². The Bertz CT molecular complexity index is 2830. The molecule has 0 spiro atoms. The average molecular weight is 607 g/mol. The molecule has 10 rings (SSSR count). The van der Waals surface area contributed by atoms with Crippen molar-refractivity contribution < 1.29 is 0 Å². The lowest BCUT2D eigenvalue weighted by Crippen LogP contribution is -1.92. The molecule has 0 aromatic heterocycles. The molecule has 0 fully saturated rings. The van der Waals surface area contributed by atoms with E-state index in [9.17, 15) is 0 Å². The van der Waals surface area contributed by atoms with E-state index >= 15 is 0 Å². The van der Waals surface area contributed by atoms with Gasteiger partial charge in [-0.3, -0.25) is 0 Å². The summed E-state index contributed by atoms with van der Waals surface area (Å²) in [5, 5.41) is 15.3. The molecular weight excluding hydrogens is 577 g/mol. The molecular formula is C48H30. The molecule has 0 unspecified atom stereocenters. The Morgan fingerprint density at radius 1 is 0.208 bits per heavy atom. The molecule has 0 aliphatic rings. The van der Waals surface area contributed by atoms with Crippen molar-refractivity contribution in [2.24, 2.45) is 0 Å². The molecule has 48 heavy (non-hydrogen) atoms. The lowest BCUT2D eigenvalue weighted by atomic mass is 9.83. The molecule has 0 nitrogen and oxygen atoms in total. The van der Waals surface area contributed by atoms with Crippen molar-refractivity contribution in [3.05, 3.63) is 182 Å². The van der Waals surface area contributed by atoms with Crippen LogP contribution in [0.1, 0.15) is 0 Å². The lowest BCUT2D eigenvalue weighted by molar-refractivity contribution is 1.66. The van der Waals surface area contributed by atoms with Gasteiger partial charge in [0, 0.05) is 0 Å². The van der Waals surface area contributed by atoms with Crippen LogP contribution in [-0.2, 0) is 0 Å². The normalized spacial score (nSPS) is 11.8. The molecule has 0 saturated carbocycles. The average Bonchev–Trinajstić information content (AvgIpc) is 3.16. The van der Waals surface area contributed by atoms with Crippen molar-refractivity contribution in [3.63, 3.8) is 0 Å². The predicted molar refractivity (Wildman–Crippen MR) is 208 cm³/mol. The highest BCUT2D eigenvalue weighted by atomic mass is 14.2. The number of rotatable bonds is 3. The highest BCUT2D eigenvalue weighted by Gasteiger charge is 2.19. The van der Waals surface area contributed by atoms with Gasteiger partial charge in [0.25, 0.3) is 0 Å². The molecule has 10 aromatic rings. The third-order valence-electron chi connectivity index (χ3n) is 10.2. The fraction of sp³-hybridized carbons (Fsp3) is 0. The maximum absolute atomic E-state index is 2.40. The standard InChI is InChI=1S/C48H30/c1-2-13-34-29-35(25-21-31(34)11-1)38-27-28-45(40-16-6-5-15-39(38)40)48-43-19-9-7-17-41(43)47(42-18-8-10-20-44(42)48)36-26-24-33-23-22-32-12-3-4-14-37(32)46(33)30-36/h1-30H. The monoisotopic (exact) mass is 606 g/mol. The zero-order valence-corrected chi connectivity index (χ0v) is 26.3. The van der Waals surface area contributed by atoms with Crippen LogP contribution in [0.2, 0.25) is 0 Å². The van der Waals surface area contributed by atoms with Crippen LogP contribution < -0.4 is 0 Å². The number of hydrogen-bond donors (Lipinski definition) is 0. The predicted octanol–water partition coefficient (Wildman–Crippen LogP) is 13.6. The van der Waals surface area contributed by atoms with Crippen LogP contribution in [0, 0.1) is 0 Å². The molecule has 0 aliphatic heterocycles. The summed E-state index contributed by atoms with van der Waals surface area (Å²) in [5.41, 5.74) is 7.58. The second-order valence-corrected chi connectivity index (χ2v) is 12.8. The molecule has 0 heteroatoms. The van der Waals surface area contributed by atoms with E-state index in [-0.39, 0.29) is 0 Å². The van der Waals surface area contributed by atoms with E-state index in [2.05, 4.69) is 182 Å². The Labute approximate surface area is 279 Å². The molecule has 0 bridgehead atoms. The summed E-state index contributed by atoms with van der Waals surface area (Å²) in [4.78, 5) is 0. The van der Waals surface area contributed by atoms with E-state index < -0.39 is 0 Å². The van der Waals surface area contributed by atoms with E-state index in [1.807, 2.05) is 0 Å². The van der Waals surface area contributed by atoms with Crippen molar-refractivity contribution >= 4 is 64.6 Å². The maximum atomic E-state index is 2.40. The van der Waals surface area contributed by atoms with Gasteiger partial charge in [0.1, 0.15) is 0 Å². The Balaban J connectivity index is 1.26. The Morgan fingerprint density at radius 2 is 0.646 bits per heavy atom. The third kappa shape index (κ3) is 4.10. The second kappa shape index (κ2) is 10.7. The molecule has 0 heterocycles.